The number of ether oxygens (including phenoxy) is 1. The summed E-state index contributed by atoms with van der Waals surface area (Å²) in [5.74, 6) is -0.119. The number of aryl methyl sites for hydroxylation is 2. The van der Waals surface area contributed by atoms with E-state index in [0.29, 0.717) is 0 Å². The molecule has 1 saturated carbocycles. The van der Waals surface area contributed by atoms with Crippen molar-refractivity contribution in [3.8, 4) is 5.75 Å². The Balaban J connectivity index is 1.85. The highest BCUT2D eigenvalue weighted by molar-refractivity contribution is 7.89. The first kappa shape index (κ1) is 20.4. The van der Waals surface area contributed by atoms with Crippen LogP contribution >= 0.6 is 0 Å². The zero-order valence-electron chi connectivity index (χ0n) is 16.6. The van der Waals surface area contributed by atoms with Gasteiger partial charge >= 0.3 is 0 Å². The number of methoxy groups -OCH3 is 1. The SMILES string of the molecule is COc1ccc(C(=O)NC(C)c2cc(C)ccc2C)cc1S(=O)(=O)NC1CC1. The minimum Gasteiger partial charge on any atom is -0.495 e. The molecule has 0 aromatic heterocycles. The Morgan fingerprint density at radius 1 is 1.14 bits per heavy atom. The quantitative estimate of drug-likeness (QED) is 0.745. The van der Waals surface area contributed by atoms with E-state index in [0.717, 1.165) is 29.5 Å². The van der Waals surface area contributed by atoms with Crippen LogP contribution in [0.2, 0.25) is 0 Å². The average molecular weight is 403 g/mol. The molecule has 1 fully saturated rings. The lowest BCUT2D eigenvalue weighted by Gasteiger charge is -2.18. The van der Waals surface area contributed by atoms with Crippen LogP contribution in [0, 0.1) is 13.8 Å². The molecule has 150 valence electrons. The molecule has 0 heterocycles. The van der Waals surface area contributed by atoms with Gasteiger partial charge in [-0.3, -0.25) is 4.79 Å². The second-order valence-electron chi connectivity index (χ2n) is 7.32. The van der Waals surface area contributed by atoms with Gasteiger partial charge in [0.2, 0.25) is 10.0 Å². The molecular weight excluding hydrogens is 376 g/mol. The van der Waals surface area contributed by atoms with Crippen LogP contribution < -0.4 is 14.8 Å². The normalized spacial score (nSPS) is 15.1. The Hall–Kier alpha value is -2.38. The lowest BCUT2D eigenvalue weighted by molar-refractivity contribution is 0.0939. The minimum atomic E-state index is -3.74. The highest BCUT2D eigenvalue weighted by Gasteiger charge is 2.30. The zero-order valence-corrected chi connectivity index (χ0v) is 17.4. The molecule has 0 spiro atoms. The van der Waals surface area contributed by atoms with Crippen LogP contribution in [-0.2, 0) is 10.0 Å². The van der Waals surface area contributed by atoms with E-state index in [1.807, 2.05) is 39.0 Å². The molecule has 6 nitrogen and oxygen atoms in total. The van der Waals surface area contributed by atoms with Gasteiger partial charge in [0.25, 0.3) is 5.91 Å². The Morgan fingerprint density at radius 2 is 1.86 bits per heavy atom. The van der Waals surface area contributed by atoms with E-state index in [9.17, 15) is 13.2 Å². The van der Waals surface area contributed by atoms with Gasteiger partial charge < -0.3 is 10.1 Å². The van der Waals surface area contributed by atoms with Crippen LogP contribution in [-0.4, -0.2) is 27.5 Å². The Kier molecular flexibility index (Phi) is 5.76. The third-order valence-corrected chi connectivity index (χ3v) is 6.41. The van der Waals surface area contributed by atoms with Crippen molar-refractivity contribution in [3.63, 3.8) is 0 Å². The highest BCUT2D eigenvalue weighted by atomic mass is 32.2. The van der Waals surface area contributed by atoms with Crippen molar-refractivity contribution in [2.45, 2.75) is 50.6 Å². The minimum absolute atomic E-state index is 0.0195. The van der Waals surface area contributed by atoms with Crippen molar-refractivity contribution in [1.29, 1.82) is 0 Å². The fourth-order valence-electron chi connectivity index (χ4n) is 3.10. The summed E-state index contributed by atoms with van der Waals surface area (Å²) in [4.78, 5) is 12.8. The number of amides is 1. The van der Waals surface area contributed by atoms with Gasteiger partial charge in [-0.05, 0) is 62.9 Å². The summed E-state index contributed by atoms with van der Waals surface area (Å²) in [6.45, 7) is 5.92. The maximum absolute atomic E-state index is 12.8. The zero-order chi connectivity index (χ0) is 20.5. The smallest absolute Gasteiger partial charge is 0.251 e. The number of sulfonamides is 1. The number of benzene rings is 2. The van der Waals surface area contributed by atoms with Gasteiger partial charge in [-0.25, -0.2) is 13.1 Å². The Labute approximate surface area is 166 Å². The molecule has 28 heavy (non-hydrogen) atoms. The molecule has 0 radical (unpaired) electrons. The average Bonchev–Trinajstić information content (AvgIpc) is 3.46. The van der Waals surface area contributed by atoms with E-state index in [1.54, 1.807) is 6.07 Å². The van der Waals surface area contributed by atoms with Crippen molar-refractivity contribution in [1.82, 2.24) is 10.0 Å². The number of carbonyl (C=O) groups excluding carboxylic acids is 1. The monoisotopic (exact) mass is 402 g/mol. The summed E-state index contributed by atoms with van der Waals surface area (Å²) in [6, 6.07) is 10.3. The summed E-state index contributed by atoms with van der Waals surface area (Å²) in [5, 5.41) is 2.95. The van der Waals surface area contributed by atoms with Crippen molar-refractivity contribution < 1.29 is 17.9 Å². The molecule has 2 aromatic carbocycles. The number of rotatable bonds is 7. The predicted molar refractivity (Wildman–Crippen MR) is 108 cm³/mol. The lowest BCUT2D eigenvalue weighted by atomic mass is 9.99. The first-order valence-corrected chi connectivity index (χ1v) is 10.8. The Morgan fingerprint density at radius 3 is 2.50 bits per heavy atom. The summed E-state index contributed by atoms with van der Waals surface area (Å²) >= 11 is 0. The molecule has 7 heteroatoms. The maximum atomic E-state index is 12.8. The number of nitrogens with one attached hydrogen (secondary N) is 2. The fourth-order valence-corrected chi connectivity index (χ4v) is 4.60. The van der Waals surface area contributed by atoms with E-state index in [4.69, 9.17) is 4.74 Å². The van der Waals surface area contributed by atoms with Gasteiger partial charge in [0.1, 0.15) is 10.6 Å². The largest absolute Gasteiger partial charge is 0.495 e. The molecule has 1 atom stereocenters. The van der Waals surface area contributed by atoms with Crippen LogP contribution in [0.15, 0.2) is 41.3 Å². The van der Waals surface area contributed by atoms with Crippen LogP contribution in [0.3, 0.4) is 0 Å². The van der Waals surface area contributed by atoms with Gasteiger partial charge in [0, 0.05) is 11.6 Å². The molecule has 0 aliphatic heterocycles. The van der Waals surface area contributed by atoms with E-state index in [-0.39, 0.29) is 34.2 Å². The molecule has 3 rings (SSSR count). The standard InChI is InChI=1S/C21H26N2O4S/c1-13-5-6-14(2)18(11-13)15(3)22-21(24)16-7-10-19(27-4)20(12-16)28(25,26)23-17-8-9-17/h5-7,10-12,15,17,23H,8-9H2,1-4H3,(H,22,24). The third kappa shape index (κ3) is 4.54. The van der Waals surface area contributed by atoms with E-state index in [2.05, 4.69) is 10.0 Å². The number of carbonyl (C=O) groups is 1. The number of hydrogen-bond acceptors (Lipinski definition) is 4. The van der Waals surface area contributed by atoms with Crippen LogP contribution in [0.25, 0.3) is 0 Å². The molecule has 1 aliphatic rings. The van der Waals surface area contributed by atoms with E-state index < -0.39 is 10.0 Å². The second-order valence-corrected chi connectivity index (χ2v) is 9.00. The van der Waals surface area contributed by atoms with Crippen molar-refractivity contribution >= 4 is 15.9 Å². The molecule has 0 saturated heterocycles. The van der Waals surface area contributed by atoms with Crippen molar-refractivity contribution in [2.75, 3.05) is 7.11 Å². The summed E-state index contributed by atoms with van der Waals surface area (Å²) < 4.78 is 33.1. The van der Waals surface area contributed by atoms with Gasteiger partial charge in [0.05, 0.1) is 13.2 Å². The van der Waals surface area contributed by atoms with Gasteiger partial charge in [0.15, 0.2) is 0 Å². The summed E-state index contributed by atoms with van der Waals surface area (Å²) in [5.41, 5.74) is 3.51. The molecule has 2 N–H and O–H groups in total. The topological polar surface area (TPSA) is 84.5 Å². The number of hydrogen-bond donors (Lipinski definition) is 2. The fraction of sp³-hybridized carbons (Fsp3) is 0.381. The van der Waals surface area contributed by atoms with Crippen LogP contribution in [0.1, 0.15) is 52.9 Å². The summed E-state index contributed by atoms with van der Waals surface area (Å²) in [7, 11) is -2.33. The Bertz CT molecular complexity index is 997. The van der Waals surface area contributed by atoms with E-state index in [1.165, 1.54) is 19.2 Å². The first-order chi connectivity index (χ1) is 13.2. The molecule has 0 bridgehead atoms. The van der Waals surface area contributed by atoms with Crippen molar-refractivity contribution in [2.24, 2.45) is 0 Å². The second kappa shape index (κ2) is 7.93. The van der Waals surface area contributed by atoms with E-state index >= 15 is 0 Å². The first-order valence-electron chi connectivity index (χ1n) is 9.29. The molecule has 2 aromatic rings. The van der Waals surface area contributed by atoms with Gasteiger partial charge in [-0.2, -0.15) is 0 Å². The molecular formula is C21H26N2O4S. The predicted octanol–water partition coefficient (Wildman–Crippen LogP) is 3.24. The maximum Gasteiger partial charge on any atom is 0.251 e. The van der Waals surface area contributed by atoms with Gasteiger partial charge in [-0.1, -0.05) is 23.8 Å². The van der Waals surface area contributed by atoms with Crippen molar-refractivity contribution in [3.05, 3.63) is 58.7 Å². The highest BCUT2D eigenvalue weighted by Crippen LogP contribution is 2.28. The lowest BCUT2D eigenvalue weighted by Crippen LogP contribution is -2.29. The summed E-state index contributed by atoms with van der Waals surface area (Å²) in [6.07, 6.45) is 1.66. The van der Waals surface area contributed by atoms with Crippen LogP contribution in [0.4, 0.5) is 0 Å². The molecule has 1 aliphatic carbocycles. The molecule has 1 amide bonds. The van der Waals surface area contributed by atoms with Crippen LogP contribution in [0.5, 0.6) is 5.75 Å². The molecule has 1 unspecified atom stereocenters. The van der Waals surface area contributed by atoms with Gasteiger partial charge in [-0.15, -0.1) is 0 Å². The third-order valence-electron chi connectivity index (χ3n) is 4.86.